The molecule has 0 aromatic carbocycles. The van der Waals surface area contributed by atoms with Crippen molar-refractivity contribution in [2.24, 2.45) is 13.0 Å². The maximum Gasteiger partial charge on any atom is 0.271 e. The Morgan fingerprint density at radius 1 is 1.53 bits per heavy atom. The number of carbonyl (C=O) groups is 1. The Morgan fingerprint density at radius 2 is 2.21 bits per heavy atom. The van der Waals surface area contributed by atoms with Crippen molar-refractivity contribution < 1.29 is 4.79 Å². The SMILES string of the molecule is CCN1CCC(CNC(=O)c2c(Cl)cnn2C)CC1. The minimum Gasteiger partial charge on any atom is -0.350 e. The second-order valence-corrected chi connectivity index (χ2v) is 5.46. The Kier molecular flexibility index (Phi) is 4.82. The van der Waals surface area contributed by atoms with E-state index in [1.807, 2.05) is 0 Å². The van der Waals surface area contributed by atoms with Gasteiger partial charge >= 0.3 is 0 Å². The molecule has 0 spiro atoms. The molecule has 0 saturated carbocycles. The van der Waals surface area contributed by atoms with Crippen LogP contribution in [0, 0.1) is 5.92 Å². The van der Waals surface area contributed by atoms with Gasteiger partial charge in [0, 0.05) is 13.6 Å². The minimum atomic E-state index is -0.136. The third kappa shape index (κ3) is 3.48. The second kappa shape index (κ2) is 6.39. The van der Waals surface area contributed by atoms with Crippen molar-refractivity contribution in [2.75, 3.05) is 26.2 Å². The van der Waals surface area contributed by atoms with Crippen LogP contribution >= 0.6 is 11.6 Å². The Balaban J connectivity index is 1.82. The molecule has 1 N–H and O–H groups in total. The number of nitrogens with zero attached hydrogens (tertiary/aromatic N) is 3. The van der Waals surface area contributed by atoms with Gasteiger partial charge in [0.15, 0.2) is 0 Å². The zero-order chi connectivity index (χ0) is 13.8. The molecular weight excluding hydrogens is 264 g/mol. The van der Waals surface area contributed by atoms with Crippen molar-refractivity contribution in [3.63, 3.8) is 0 Å². The summed E-state index contributed by atoms with van der Waals surface area (Å²) in [5.74, 6) is 0.432. The number of amides is 1. The van der Waals surface area contributed by atoms with Gasteiger partial charge in [-0.2, -0.15) is 5.10 Å². The molecule has 0 bridgehead atoms. The van der Waals surface area contributed by atoms with Gasteiger partial charge in [0.1, 0.15) is 5.69 Å². The van der Waals surface area contributed by atoms with Gasteiger partial charge in [0.25, 0.3) is 5.91 Å². The molecule has 19 heavy (non-hydrogen) atoms. The number of hydrogen-bond donors (Lipinski definition) is 1. The molecule has 0 aliphatic carbocycles. The topological polar surface area (TPSA) is 50.2 Å². The van der Waals surface area contributed by atoms with Crippen LogP contribution in [0.15, 0.2) is 6.20 Å². The lowest BCUT2D eigenvalue weighted by Gasteiger charge is -2.31. The molecule has 0 radical (unpaired) electrons. The number of hydrogen-bond acceptors (Lipinski definition) is 3. The van der Waals surface area contributed by atoms with Crippen LogP contribution in [0.3, 0.4) is 0 Å². The van der Waals surface area contributed by atoms with E-state index in [9.17, 15) is 4.79 Å². The molecular formula is C13H21ClN4O. The molecule has 1 aromatic rings. The molecule has 1 aromatic heterocycles. The molecule has 106 valence electrons. The monoisotopic (exact) mass is 284 g/mol. The molecule has 2 rings (SSSR count). The minimum absolute atomic E-state index is 0.136. The van der Waals surface area contributed by atoms with Crippen molar-refractivity contribution >= 4 is 17.5 Å². The van der Waals surface area contributed by atoms with E-state index in [0.717, 1.165) is 39.0 Å². The second-order valence-electron chi connectivity index (χ2n) is 5.05. The van der Waals surface area contributed by atoms with E-state index in [-0.39, 0.29) is 5.91 Å². The quantitative estimate of drug-likeness (QED) is 0.912. The first-order valence-corrected chi connectivity index (χ1v) is 7.17. The fraction of sp³-hybridized carbons (Fsp3) is 0.692. The number of aryl methyl sites for hydroxylation is 1. The average molecular weight is 285 g/mol. The fourth-order valence-electron chi connectivity index (χ4n) is 2.49. The van der Waals surface area contributed by atoms with E-state index < -0.39 is 0 Å². The van der Waals surface area contributed by atoms with Gasteiger partial charge in [-0.15, -0.1) is 0 Å². The maximum atomic E-state index is 12.0. The zero-order valence-corrected chi connectivity index (χ0v) is 12.3. The standard InChI is InChI=1S/C13H21ClN4O/c1-3-18-6-4-10(5-7-18)8-15-13(19)12-11(14)9-16-17(12)2/h9-10H,3-8H2,1-2H3,(H,15,19). The van der Waals surface area contributed by atoms with Crippen LogP contribution in [0.5, 0.6) is 0 Å². The first-order chi connectivity index (χ1) is 9.11. The van der Waals surface area contributed by atoms with Crippen molar-refractivity contribution in [3.05, 3.63) is 16.9 Å². The van der Waals surface area contributed by atoms with Crippen LogP contribution in [0.4, 0.5) is 0 Å². The van der Waals surface area contributed by atoms with E-state index in [2.05, 4.69) is 22.2 Å². The van der Waals surface area contributed by atoms with Crippen LogP contribution in [0.25, 0.3) is 0 Å². The Hall–Kier alpha value is -1.07. The van der Waals surface area contributed by atoms with Gasteiger partial charge in [0.2, 0.25) is 0 Å². The summed E-state index contributed by atoms with van der Waals surface area (Å²) in [6, 6.07) is 0. The number of carbonyl (C=O) groups excluding carboxylic acids is 1. The molecule has 1 aliphatic rings. The number of piperidine rings is 1. The van der Waals surface area contributed by atoms with Crippen molar-refractivity contribution in [1.82, 2.24) is 20.0 Å². The van der Waals surface area contributed by atoms with Crippen LogP contribution in [0.2, 0.25) is 5.02 Å². The molecule has 1 fully saturated rings. The largest absolute Gasteiger partial charge is 0.350 e. The molecule has 1 amide bonds. The third-order valence-electron chi connectivity index (χ3n) is 3.81. The van der Waals surface area contributed by atoms with Crippen LogP contribution < -0.4 is 5.32 Å². The van der Waals surface area contributed by atoms with E-state index in [1.54, 1.807) is 7.05 Å². The van der Waals surface area contributed by atoms with E-state index in [4.69, 9.17) is 11.6 Å². The van der Waals surface area contributed by atoms with Crippen LogP contribution in [-0.2, 0) is 7.05 Å². The predicted octanol–water partition coefficient (Wildman–Crippen LogP) is 1.54. The zero-order valence-electron chi connectivity index (χ0n) is 11.5. The van der Waals surface area contributed by atoms with Crippen molar-refractivity contribution in [3.8, 4) is 0 Å². The van der Waals surface area contributed by atoms with Gasteiger partial charge in [0.05, 0.1) is 11.2 Å². The lowest BCUT2D eigenvalue weighted by Crippen LogP contribution is -2.38. The predicted molar refractivity (Wildman–Crippen MR) is 75.4 cm³/mol. The number of nitrogens with one attached hydrogen (secondary N) is 1. The molecule has 0 atom stereocenters. The van der Waals surface area contributed by atoms with Gasteiger partial charge in [-0.05, 0) is 38.4 Å². The Bertz CT molecular complexity index is 418. The summed E-state index contributed by atoms with van der Waals surface area (Å²) in [4.78, 5) is 14.5. The van der Waals surface area contributed by atoms with Gasteiger partial charge in [-0.1, -0.05) is 18.5 Å². The maximum absolute atomic E-state index is 12.0. The lowest BCUT2D eigenvalue weighted by atomic mass is 9.97. The summed E-state index contributed by atoms with van der Waals surface area (Å²) < 4.78 is 1.51. The summed E-state index contributed by atoms with van der Waals surface area (Å²) in [6.45, 7) is 6.28. The van der Waals surface area contributed by atoms with Crippen molar-refractivity contribution in [1.29, 1.82) is 0 Å². The molecule has 1 aliphatic heterocycles. The Labute approximate surface area is 118 Å². The van der Waals surface area contributed by atoms with E-state index >= 15 is 0 Å². The molecule has 0 unspecified atom stereocenters. The van der Waals surface area contributed by atoms with E-state index in [1.165, 1.54) is 10.9 Å². The van der Waals surface area contributed by atoms with Crippen LogP contribution in [0.1, 0.15) is 30.3 Å². The summed E-state index contributed by atoms with van der Waals surface area (Å²) in [5.41, 5.74) is 0.438. The summed E-state index contributed by atoms with van der Waals surface area (Å²) in [7, 11) is 1.72. The number of aromatic nitrogens is 2. The van der Waals surface area contributed by atoms with Crippen LogP contribution in [-0.4, -0.2) is 46.8 Å². The van der Waals surface area contributed by atoms with Gasteiger partial charge in [-0.25, -0.2) is 0 Å². The number of halogens is 1. The summed E-state index contributed by atoms with van der Waals surface area (Å²) in [5, 5.41) is 7.34. The molecule has 2 heterocycles. The lowest BCUT2D eigenvalue weighted by molar-refractivity contribution is 0.0927. The van der Waals surface area contributed by atoms with E-state index in [0.29, 0.717) is 16.6 Å². The average Bonchev–Trinajstić information content (AvgIpc) is 2.76. The summed E-state index contributed by atoms with van der Waals surface area (Å²) in [6.07, 6.45) is 3.79. The van der Waals surface area contributed by atoms with Gasteiger partial charge < -0.3 is 10.2 Å². The first kappa shape index (κ1) is 14.3. The number of rotatable bonds is 4. The molecule has 5 nitrogen and oxygen atoms in total. The summed E-state index contributed by atoms with van der Waals surface area (Å²) >= 11 is 5.95. The molecule has 6 heteroatoms. The first-order valence-electron chi connectivity index (χ1n) is 6.79. The Morgan fingerprint density at radius 3 is 2.74 bits per heavy atom. The van der Waals surface area contributed by atoms with Gasteiger partial charge in [-0.3, -0.25) is 9.48 Å². The highest BCUT2D eigenvalue weighted by atomic mass is 35.5. The highest BCUT2D eigenvalue weighted by molar-refractivity contribution is 6.33. The molecule has 1 saturated heterocycles. The highest BCUT2D eigenvalue weighted by Gasteiger charge is 2.20. The third-order valence-corrected chi connectivity index (χ3v) is 4.09. The normalized spacial score (nSPS) is 17.6. The fourth-order valence-corrected chi connectivity index (χ4v) is 2.75. The van der Waals surface area contributed by atoms with Crippen molar-refractivity contribution in [2.45, 2.75) is 19.8 Å². The number of likely N-dealkylation sites (tertiary alicyclic amines) is 1. The highest BCUT2D eigenvalue weighted by Crippen LogP contribution is 2.17. The smallest absolute Gasteiger partial charge is 0.271 e.